The van der Waals surface area contributed by atoms with E-state index in [4.69, 9.17) is 0 Å². The number of hydrogen-bond donors (Lipinski definition) is 1. The van der Waals surface area contributed by atoms with Gasteiger partial charge >= 0.3 is 0 Å². The van der Waals surface area contributed by atoms with Gasteiger partial charge in [0.05, 0.1) is 0 Å². The Morgan fingerprint density at radius 1 is 1.22 bits per heavy atom. The quantitative estimate of drug-likeness (QED) is 0.838. The van der Waals surface area contributed by atoms with Crippen molar-refractivity contribution in [1.82, 2.24) is 4.98 Å². The molecule has 0 fully saturated rings. The van der Waals surface area contributed by atoms with Gasteiger partial charge in [0.1, 0.15) is 12.0 Å². The van der Waals surface area contributed by atoms with Crippen LogP contribution in [0.5, 0.6) is 0 Å². The summed E-state index contributed by atoms with van der Waals surface area (Å²) < 4.78 is 0. The highest BCUT2D eigenvalue weighted by Crippen LogP contribution is 2.18. The molecule has 0 aliphatic rings. The van der Waals surface area contributed by atoms with Crippen LogP contribution >= 0.6 is 0 Å². The second kappa shape index (κ2) is 5.23. The van der Waals surface area contributed by atoms with Crippen molar-refractivity contribution in [2.45, 2.75) is 6.92 Å². The first-order chi connectivity index (χ1) is 8.72. The van der Waals surface area contributed by atoms with Crippen LogP contribution in [0.3, 0.4) is 0 Å². The van der Waals surface area contributed by atoms with Gasteiger partial charge in [-0.05, 0) is 30.7 Å². The van der Waals surface area contributed by atoms with E-state index in [0.717, 1.165) is 11.8 Å². The number of nitrogens with one attached hydrogen (secondary N) is 1. The highest BCUT2D eigenvalue weighted by Gasteiger charge is 2.09. The molecule has 1 N–H and O–H groups in total. The molecule has 0 atom stereocenters. The van der Waals surface area contributed by atoms with Crippen molar-refractivity contribution in [3.05, 3.63) is 59.4 Å². The molecule has 2 rings (SSSR count). The van der Waals surface area contributed by atoms with Crippen molar-refractivity contribution in [3.63, 3.8) is 0 Å². The van der Waals surface area contributed by atoms with Crippen LogP contribution < -0.4 is 5.32 Å². The van der Waals surface area contributed by atoms with E-state index in [1.165, 1.54) is 0 Å². The zero-order chi connectivity index (χ0) is 13.0. The highest BCUT2D eigenvalue weighted by atomic mass is 16.1. The standard InChI is InChI=1S/C14H12N2O2/c1-10-11(9-17)5-4-7-12(10)16-14(18)13-6-2-3-8-15-13/h2-9H,1H3,(H,16,18). The molecule has 0 saturated heterocycles. The van der Waals surface area contributed by atoms with Gasteiger partial charge in [-0.15, -0.1) is 0 Å². The summed E-state index contributed by atoms with van der Waals surface area (Å²) in [6, 6.07) is 10.3. The Bertz CT molecular complexity index is 580. The van der Waals surface area contributed by atoms with E-state index in [2.05, 4.69) is 10.3 Å². The fraction of sp³-hybridized carbons (Fsp3) is 0.0714. The molecule has 18 heavy (non-hydrogen) atoms. The highest BCUT2D eigenvalue weighted by molar-refractivity contribution is 6.03. The summed E-state index contributed by atoms with van der Waals surface area (Å²) in [5.41, 5.74) is 2.27. The predicted molar refractivity (Wildman–Crippen MR) is 68.8 cm³/mol. The Labute approximate surface area is 105 Å². The molecule has 0 unspecified atom stereocenters. The van der Waals surface area contributed by atoms with Crippen molar-refractivity contribution in [2.75, 3.05) is 5.32 Å². The number of amides is 1. The Kier molecular flexibility index (Phi) is 3.48. The van der Waals surface area contributed by atoms with Gasteiger partial charge in [-0.1, -0.05) is 18.2 Å². The lowest BCUT2D eigenvalue weighted by atomic mass is 10.1. The summed E-state index contributed by atoms with van der Waals surface area (Å²) in [4.78, 5) is 26.7. The van der Waals surface area contributed by atoms with Crippen LogP contribution in [-0.4, -0.2) is 17.2 Å². The second-order valence-electron chi connectivity index (χ2n) is 3.81. The van der Waals surface area contributed by atoms with Gasteiger partial charge in [-0.2, -0.15) is 0 Å². The number of carbonyl (C=O) groups is 2. The van der Waals surface area contributed by atoms with Crippen molar-refractivity contribution in [2.24, 2.45) is 0 Å². The molecule has 4 heteroatoms. The zero-order valence-corrected chi connectivity index (χ0v) is 9.88. The summed E-state index contributed by atoms with van der Waals surface area (Å²) in [5.74, 6) is -0.290. The Morgan fingerprint density at radius 3 is 2.72 bits per heavy atom. The lowest BCUT2D eigenvalue weighted by molar-refractivity contribution is 0.102. The van der Waals surface area contributed by atoms with Crippen LogP contribution in [-0.2, 0) is 0 Å². The number of hydrogen-bond acceptors (Lipinski definition) is 3. The van der Waals surface area contributed by atoms with Crippen LogP contribution in [0, 0.1) is 6.92 Å². The molecule has 1 aromatic heterocycles. The first kappa shape index (κ1) is 12.0. The molecule has 0 saturated carbocycles. The average Bonchev–Trinajstić information content (AvgIpc) is 2.42. The van der Waals surface area contributed by atoms with Crippen LogP contribution in [0.2, 0.25) is 0 Å². The molecule has 0 radical (unpaired) electrons. The Morgan fingerprint density at radius 2 is 2.06 bits per heavy atom. The van der Waals surface area contributed by atoms with Gasteiger partial charge in [-0.25, -0.2) is 0 Å². The maximum Gasteiger partial charge on any atom is 0.274 e. The number of carbonyl (C=O) groups excluding carboxylic acids is 2. The van der Waals surface area contributed by atoms with E-state index in [1.54, 1.807) is 49.5 Å². The number of pyridine rings is 1. The third kappa shape index (κ3) is 2.43. The summed E-state index contributed by atoms with van der Waals surface area (Å²) in [5, 5.41) is 2.74. The minimum absolute atomic E-state index is 0.290. The first-order valence-electron chi connectivity index (χ1n) is 5.49. The SMILES string of the molecule is Cc1c(C=O)cccc1NC(=O)c1ccccn1. The number of aromatic nitrogens is 1. The van der Waals surface area contributed by atoms with Crippen molar-refractivity contribution < 1.29 is 9.59 Å². The summed E-state index contributed by atoms with van der Waals surface area (Å²) in [7, 11) is 0. The van der Waals surface area contributed by atoms with Gasteiger partial charge in [-0.3, -0.25) is 14.6 Å². The topological polar surface area (TPSA) is 59.1 Å². The van der Waals surface area contributed by atoms with E-state index in [9.17, 15) is 9.59 Å². The number of rotatable bonds is 3. The number of nitrogens with zero attached hydrogens (tertiary/aromatic N) is 1. The van der Waals surface area contributed by atoms with Crippen LogP contribution in [0.15, 0.2) is 42.6 Å². The molecule has 1 aromatic carbocycles. The van der Waals surface area contributed by atoms with E-state index in [1.807, 2.05) is 0 Å². The molecule has 90 valence electrons. The molecular weight excluding hydrogens is 228 g/mol. The van der Waals surface area contributed by atoms with Crippen molar-refractivity contribution in [3.8, 4) is 0 Å². The average molecular weight is 240 g/mol. The third-order valence-corrected chi connectivity index (χ3v) is 2.65. The largest absolute Gasteiger partial charge is 0.320 e. The molecule has 1 heterocycles. The maximum absolute atomic E-state index is 11.9. The Hall–Kier alpha value is -2.49. The zero-order valence-electron chi connectivity index (χ0n) is 9.88. The predicted octanol–water partition coefficient (Wildman–Crippen LogP) is 2.45. The third-order valence-electron chi connectivity index (χ3n) is 2.65. The smallest absolute Gasteiger partial charge is 0.274 e. The molecule has 1 amide bonds. The fourth-order valence-electron chi connectivity index (χ4n) is 1.60. The van der Waals surface area contributed by atoms with Crippen LogP contribution in [0.25, 0.3) is 0 Å². The van der Waals surface area contributed by atoms with E-state index in [0.29, 0.717) is 16.9 Å². The number of anilines is 1. The minimum atomic E-state index is -0.290. The second-order valence-corrected chi connectivity index (χ2v) is 3.81. The molecule has 2 aromatic rings. The number of aldehydes is 1. The summed E-state index contributed by atoms with van der Waals surface area (Å²) >= 11 is 0. The first-order valence-corrected chi connectivity index (χ1v) is 5.49. The molecule has 0 aliphatic carbocycles. The van der Waals surface area contributed by atoms with Crippen molar-refractivity contribution in [1.29, 1.82) is 0 Å². The summed E-state index contributed by atoms with van der Waals surface area (Å²) in [6.07, 6.45) is 2.33. The van der Waals surface area contributed by atoms with Crippen LogP contribution in [0.4, 0.5) is 5.69 Å². The van der Waals surface area contributed by atoms with E-state index >= 15 is 0 Å². The maximum atomic E-state index is 11.9. The van der Waals surface area contributed by atoms with Gasteiger partial charge in [0.15, 0.2) is 0 Å². The monoisotopic (exact) mass is 240 g/mol. The minimum Gasteiger partial charge on any atom is -0.320 e. The van der Waals surface area contributed by atoms with Gasteiger partial charge in [0.25, 0.3) is 5.91 Å². The normalized spacial score (nSPS) is 9.83. The van der Waals surface area contributed by atoms with E-state index in [-0.39, 0.29) is 5.91 Å². The fourth-order valence-corrected chi connectivity index (χ4v) is 1.60. The number of benzene rings is 1. The van der Waals surface area contributed by atoms with Gasteiger partial charge in [0, 0.05) is 17.4 Å². The molecule has 0 spiro atoms. The molecule has 0 bridgehead atoms. The molecular formula is C14H12N2O2. The van der Waals surface area contributed by atoms with Crippen molar-refractivity contribution >= 4 is 17.9 Å². The molecule has 4 nitrogen and oxygen atoms in total. The summed E-state index contributed by atoms with van der Waals surface area (Å²) in [6.45, 7) is 1.79. The van der Waals surface area contributed by atoms with Crippen LogP contribution in [0.1, 0.15) is 26.4 Å². The Balaban J connectivity index is 2.25. The molecule has 0 aliphatic heterocycles. The van der Waals surface area contributed by atoms with Gasteiger partial charge in [0.2, 0.25) is 0 Å². The van der Waals surface area contributed by atoms with Gasteiger partial charge < -0.3 is 5.32 Å². The lowest BCUT2D eigenvalue weighted by Crippen LogP contribution is -2.14. The lowest BCUT2D eigenvalue weighted by Gasteiger charge is -2.09. The van der Waals surface area contributed by atoms with E-state index < -0.39 is 0 Å².